The molecule has 0 saturated carbocycles. The smallest absolute Gasteiger partial charge is 0.215 e. The zero-order valence-electron chi connectivity index (χ0n) is 13.4. The summed E-state index contributed by atoms with van der Waals surface area (Å²) in [5.74, 6) is 0.00725. The van der Waals surface area contributed by atoms with Gasteiger partial charge in [-0.2, -0.15) is 11.3 Å². The summed E-state index contributed by atoms with van der Waals surface area (Å²) in [5, 5.41) is 4.12. The molecule has 3 rings (SSSR count). The van der Waals surface area contributed by atoms with Gasteiger partial charge in [0.2, 0.25) is 10.0 Å². The molecule has 7 heteroatoms. The van der Waals surface area contributed by atoms with Crippen molar-refractivity contribution >= 4 is 21.4 Å². The Bertz CT molecular complexity index is 712. The Balaban J connectivity index is 1.66. The maximum Gasteiger partial charge on any atom is 0.215 e. The fraction of sp³-hybridized carbons (Fsp3) is 0.412. The summed E-state index contributed by atoms with van der Waals surface area (Å²) in [7, 11) is -3.36. The molecule has 1 fully saturated rings. The molecule has 1 aliphatic rings. The van der Waals surface area contributed by atoms with Crippen molar-refractivity contribution in [1.82, 2.24) is 9.62 Å². The topological polar surface area (TPSA) is 58.6 Å². The standard InChI is InChI=1S/C17H22N2O3S2/c20-24(21,14-15-4-2-1-3-5-15)18-12-17(16-6-11-23-13-16)19-7-9-22-10-8-19/h1-6,11,13,17-18H,7-10,12,14H2. The number of ether oxygens (including phenoxy) is 1. The Hall–Kier alpha value is -1.25. The van der Waals surface area contributed by atoms with Gasteiger partial charge in [0, 0.05) is 25.7 Å². The maximum atomic E-state index is 12.4. The van der Waals surface area contributed by atoms with Crippen molar-refractivity contribution in [2.24, 2.45) is 0 Å². The molecular formula is C17H22N2O3S2. The lowest BCUT2D eigenvalue weighted by atomic mass is 10.1. The third-order valence-electron chi connectivity index (χ3n) is 4.11. The van der Waals surface area contributed by atoms with Gasteiger partial charge in [-0.3, -0.25) is 4.90 Å². The molecule has 1 saturated heterocycles. The summed E-state index contributed by atoms with van der Waals surface area (Å²) in [6, 6.07) is 11.4. The first-order valence-corrected chi connectivity index (χ1v) is 10.6. The molecule has 0 spiro atoms. The van der Waals surface area contributed by atoms with Crippen molar-refractivity contribution in [3.8, 4) is 0 Å². The number of hydrogen-bond donors (Lipinski definition) is 1. The second-order valence-corrected chi connectivity index (χ2v) is 8.40. The minimum Gasteiger partial charge on any atom is -0.379 e. The Morgan fingerprint density at radius 1 is 1.17 bits per heavy atom. The van der Waals surface area contributed by atoms with E-state index < -0.39 is 10.0 Å². The second-order valence-electron chi connectivity index (χ2n) is 5.81. The van der Waals surface area contributed by atoms with E-state index in [1.165, 1.54) is 0 Å². The molecule has 1 aromatic carbocycles. The zero-order chi connectivity index (χ0) is 16.8. The quantitative estimate of drug-likeness (QED) is 0.816. The van der Waals surface area contributed by atoms with E-state index >= 15 is 0 Å². The largest absolute Gasteiger partial charge is 0.379 e. The fourth-order valence-corrected chi connectivity index (χ4v) is 4.71. The van der Waals surface area contributed by atoms with Crippen LogP contribution in [0.2, 0.25) is 0 Å². The van der Waals surface area contributed by atoms with Gasteiger partial charge >= 0.3 is 0 Å². The Morgan fingerprint density at radius 3 is 2.58 bits per heavy atom. The highest BCUT2D eigenvalue weighted by Gasteiger charge is 2.24. The van der Waals surface area contributed by atoms with Gasteiger partial charge in [0.05, 0.1) is 19.0 Å². The molecule has 24 heavy (non-hydrogen) atoms. The van der Waals surface area contributed by atoms with E-state index in [-0.39, 0.29) is 11.8 Å². The predicted molar refractivity (Wildman–Crippen MR) is 96.5 cm³/mol. The third-order valence-corrected chi connectivity index (χ3v) is 6.13. The van der Waals surface area contributed by atoms with Gasteiger partial charge in [0.15, 0.2) is 0 Å². The van der Waals surface area contributed by atoms with Gasteiger partial charge in [0.1, 0.15) is 0 Å². The molecule has 0 aliphatic carbocycles. The first kappa shape index (κ1) is 17.6. The van der Waals surface area contributed by atoms with E-state index in [1.54, 1.807) is 11.3 Å². The summed E-state index contributed by atoms with van der Waals surface area (Å²) in [5.41, 5.74) is 1.95. The number of thiophene rings is 1. The third kappa shape index (κ3) is 4.87. The summed E-state index contributed by atoms with van der Waals surface area (Å²) in [6.07, 6.45) is 0. The first-order valence-electron chi connectivity index (χ1n) is 7.99. The molecule has 0 radical (unpaired) electrons. The Labute approximate surface area is 147 Å². The number of nitrogens with zero attached hydrogens (tertiary/aromatic N) is 1. The number of morpholine rings is 1. The molecular weight excluding hydrogens is 344 g/mol. The summed E-state index contributed by atoms with van der Waals surface area (Å²) in [4.78, 5) is 2.29. The minimum atomic E-state index is -3.36. The van der Waals surface area contributed by atoms with E-state index in [9.17, 15) is 8.42 Å². The van der Waals surface area contributed by atoms with Gasteiger partial charge in [-0.1, -0.05) is 30.3 Å². The SMILES string of the molecule is O=S(=O)(Cc1ccccc1)NCC(c1ccsc1)N1CCOCC1. The lowest BCUT2D eigenvalue weighted by molar-refractivity contribution is 0.0173. The number of benzene rings is 1. The van der Waals surface area contributed by atoms with Crippen LogP contribution in [0.1, 0.15) is 17.2 Å². The molecule has 2 aromatic rings. The van der Waals surface area contributed by atoms with Crippen LogP contribution < -0.4 is 4.72 Å². The van der Waals surface area contributed by atoms with Crippen LogP contribution in [0.25, 0.3) is 0 Å². The molecule has 1 aliphatic heterocycles. The molecule has 5 nitrogen and oxygen atoms in total. The van der Waals surface area contributed by atoms with E-state index in [4.69, 9.17) is 4.74 Å². The van der Waals surface area contributed by atoms with Crippen molar-refractivity contribution in [1.29, 1.82) is 0 Å². The van der Waals surface area contributed by atoms with Crippen LogP contribution >= 0.6 is 11.3 Å². The summed E-state index contributed by atoms with van der Waals surface area (Å²) < 4.78 is 33.0. The van der Waals surface area contributed by atoms with E-state index in [0.29, 0.717) is 19.8 Å². The highest BCUT2D eigenvalue weighted by atomic mass is 32.2. The fourth-order valence-electron chi connectivity index (χ4n) is 2.86. The minimum absolute atomic E-state index is 0.00725. The van der Waals surface area contributed by atoms with Crippen LogP contribution in [0.4, 0.5) is 0 Å². The van der Waals surface area contributed by atoms with Gasteiger partial charge in [-0.05, 0) is 28.0 Å². The van der Waals surface area contributed by atoms with Crippen LogP contribution in [-0.4, -0.2) is 46.2 Å². The van der Waals surface area contributed by atoms with Crippen LogP contribution in [0.15, 0.2) is 47.2 Å². The monoisotopic (exact) mass is 366 g/mol. The van der Waals surface area contributed by atoms with Gasteiger partial charge < -0.3 is 4.74 Å². The average molecular weight is 367 g/mol. The number of hydrogen-bond acceptors (Lipinski definition) is 5. The van der Waals surface area contributed by atoms with E-state index in [1.807, 2.05) is 35.7 Å². The number of rotatable bonds is 7. The molecule has 1 aromatic heterocycles. The van der Waals surface area contributed by atoms with Gasteiger partial charge in [-0.25, -0.2) is 13.1 Å². The summed E-state index contributed by atoms with van der Waals surface area (Å²) in [6.45, 7) is 3.41. The van der Waals surface area contributed by atoms with E-state index in [0.717, 1.165) is 24.2 Å². The maximum absolute atomic E-state index is 12.4. The predicted octanol–water partition coefficient (Wildman–Crippen LogP) is 2.24. The lowest BCUT2D eigenvalue weighted by Crippen LogP contribution is -2.43. The summed E-state index contributed by atoms with van der Waals surface area (Å²) >= 11 is 1.63. The van der Waals surface area contributed by atoms with Crippen molar-refractivity contribution in [2.75, 3.05) is 32.8 Å². The lowest BCUT2D eigenvalue weighted by Gasteiger charge is -2.34. The van der Waals surface area contributed by atoms with Crippen molar-refractivity contribution in [3.63, 3.8) is 0 Å². The van der Waals surface area contributed by atoms with Crippen LogP contribution in [0.5, 0.6) is 0 Å². The molecule has 1 N–H and O–H groups in total. The zero-order valence-corrected chi connectivity index (χ0v) is 15.1. The second kappa shape index (κ2) is 8.22. The van der Waals surface area contributed by atoms with Crippen LogP contribution in [-0.2, 0) is 20.5 Å². The van der Waals surface area contributed by atoms with Gasteiger partial charge in [0.25, 0.3) is 0 Å². The first-order chi connectivity index (χ1) is 11.6. The van der Waals surface area contributed by atoms with Crippen LogP contribution in [0, 0.1) is 0 Å². The molecule has 0 amide bonds. The molecule has 2 heterocycles. The highest BCUT2D eigenvalue weighted by Crippen LogP contribution is 2.23. The number of nitrogens with one attached hydrogen (secondary N) is 1. The molecule has 130 valence electrons. The number of sulfonamides is 1. The van der Waals surface area contributed by atoms with E-state index in [2.05, 4.69) is 21.1 Å². The normalized spacial score (nSPS) is 17.7. The molecule has 1 unspecified atom stereocenters. The molecule has 0 bridgehead atoms. The van der Waals surface area contributed by atoms with Crippen molar-refractivity contribution in [3.05, 3.63) is 58.3 Å². The van der Waals surface area contributed by atoms with Crippen molar-refractivity contribution in [2.45, 2.75) is 11.8 Å². The van der Waals surface area contributed by atoms with Crippen molar-refractivity contribution < 1.29 is 13.2 Å². The molecule has 1 atom stereocenters. The van der Waals surface area contributed by atoms with Gasteiger partial charge in [-0.15, -0.1) is 0 Å². The van der Waals surface area contributed by atoms with Crippen LogP contribution in [0.3, 0.4) is 0 Å². The highest BCUT2D eigenvalue weighted by molar-refractivity contribution is 7.88. The Kier molecular flexibility index (Phi) is 6.02. The average Bonchev–Trinajstić information content (AvgIpc) is 3.11. The Morgan fingerprint density at radius 2 is 1.92 bits per heavy atom.